The molecule has 2 aromatic carbocycles. The number of hydrogen-bond donors (Lipinski definition) is 1. The summed E-state index contributed by atoms with van der Waals surface area (Å²) in [4.78, 5) is 23.1. The largest absolute Gasteiger partial charge is 0.490 e. The molecule has 0 saturated carbocycles. The van der Waals surface area contributed by atoms with E-state index in [-0.39, 0.29) is 28.9 Å². The molecule has 1 N–H and O–H groups in total. The molecule has 6 heteroatoms. The van der Waals surface area contributed by atoms with Crippen LogP contribution in [0.3, 0.4) is 0 Å². The number of nitrogens with zero attached hydrogens (tertiary/aromatic N) is 1. The molecule has 0 unspecified atom stereocenters. The van der Waals surface area contributed by atoms with Crippen LogP contribution in [0.5, 0.6) is 5.75 Å². The normalized spacial score (nSPS) is 16.1. The van der Waals surface area contributed by atoms with E-state index >= 15 is 0 Å². The Bertz CT molecular complexity index is 788. The molecule has 0 saturated heterocycles. The highest BCUT2D eigenvalue weighted by Gasteiger charge is 2.23. The zero-order chi connectivity index (χ0) is 17.1. The molecule has 1 amide bonds. The number of benzene rings is 2. The highest BCUT2D eigenvalue weighted by molar-refractivity contribution is 5.95. The molecule has 1 aliphatic carbocycles. The maximum absolute atomic E-state index is 12.5. The lowest BCUT2D eigenvalue weighted by molar-refractivity contribution is -0.385. The van der Waals surface area contributed by atoms with E-state index in [2.05, 4.69) is 11.4 Å². The van der Waals surface area contributed by atoms with Crippen molar-refractivity contribution in [3.8, 4) is 5.75 Å². The minimum Gasteiger partial charge on any atom is -0.490 e. The topological polar surface area (TPSA) is 81.5 Å². The lowest BCUT2D eigenvalue weighted by atomic mass is 9.87. The Labute approximate surface area is 139 Å². The summed E-state index contributed by atoms with van der Waals surface area (Å²) >= 11 is 0. The van der Waals surface area contributed by atoms with Gasteiger partial charge in [-0.05, 0) is 42.5 Å². The number of aryl methyl sites for hydroxylation is 1. The number of rotatable bonds is 4. The molecule has 124 valence electrons. The van der Waals surface area contributed by atoms with Gasteiger partial charge in [0.25, 0.3) is 5.91 Å². The van der Waals surface area contributed by atoms with Crippen molar-refractivity contribution in [3.05, 3.63) is 69.3 Å². The van der Waals surface area contributed by atoms with Crippen LogP contribution >= 0.6 is 0 Å². The second kappa shape index (κ2) is 6.70. The molecule has 1 atom stereocenters. The van der Waals surface area contributed by atoms with Gasteiger partial charge in [-0.15, -0.1) is 0 Å². The highest BCUT2D eigenvalue weighted by atomic mass is 16.6. The zero-order valence-electron chi connectivity index (χ0n) is 13.3. The number of nitrogens with one attached hydrogen (secondary N) is 1. The van der Waals surface area contributed by atoms with Crippen molar-refractivity contribution < 1.29 is 14.5 Å². The van der Waals surface area contributed by atoms with Crippen molar-refractivity contribution >= 4 is 11.6 Å². The summed E-state index contributed by atoms with van der Waals surface area (Å²) in [5.41, 5.74) is 2.41. The number of ether oxygens (including phenoxy) is 1. The Kier molecular flexibility index (Phi) is 4.46. The van der Waals surface area contributed by atoms with E-state index in [0.29, 0.717) is 0 Å². The van der Waals surface area contributed by atoms with E-state index in [0.717, 1.165) is 24.8 Å². The SMILES string of the molecule is COc1ccc(C(=O)N[C@@H]2CCCc3ccccc32)cc1[N+](=O)[O-]. The van der Waals surface area contributed by atoms with Gasteiger partial charge in [-0.2, -0.15) is 0 Å². The number of fused-ring (bicyclic) bond motifs is 1. The van der Waals surface area contributed by atoms with Crippen LogP contribution < -0.4 is 10.1 Å². The number of nitro groups is 1. The smallest absolute Gasteiger partial charge is 0.311 e. The van der Waals surface area contributed by atoms with Crippen LogP contribution in [-0.4, -0.2) is 17.9 Å². The van der Waals surface area contributed by atoms with Gasteiger partial charge in [-0.1, -0.05) is 24.3 Å². The van der Waals surface area contributed by atoms with Crippen LogP contribution in [-0.2, 0) is 6.42 Å². The summed E-state index contributed by atoms with van der Waals surface area (Å²) in [6.07, 6.45) is 2.88. The Hall–Kier alpha value is -2.89. The Balaban J connectivity index is 1.84. The first-order valence-corrected chi connectivity index (χ1v) is 7.81. The van der Waals surface area contributed by atoms with Crippen molar-refractivity contribution in [1.29, 1.82) is 0 Å². The molecule has 0 radical (unpaired) electrons. The van der Waals surface area contributed by atoms with Gasteiger partial charge in [0.2, 0.25) is 0 Å². The van der Waals surface area contributed by atoms with Crippen LogP contribution in [0.1, 0.15) is 40.4 Å². The molecule has 0 spiro atoms. The molecule has 0 aromatic heterocycles. The van der Waals surface area contributed by atoms with Gasteiger partial charge < -0.3 is 10.1 Å². The average Bonchev–Trinajstić information content (AvgIpc) is 2.61. The van der Waals surface area contributed by atoms with Crippen molar-refractivity contribution in [2.24, 2.45) is 0 Å². The number of carbonyl (C=O) groups excluding carboxylic acids is 1. The number of carbonyl (C=O) groups is 1. The van der Waals surface area contributed by atoms with Crippen LogP contribution in [0.4, 0.5) is 5.69 Å². The van der Waals surface area contributed by atoms with Gasteiger partial charge in [0.1, 0.15) is 0 Å². The molecule has 0 fully saturated rings. The molecule has 6 nitrogen and oxygen atoms in total. The number of hydrogen-bond acceptors (Lipinski definition) is 4. The van der Waals surface area contributed by atoms with E-state index in [1.54, 1.807) is 0 Å². The zero-order valence-corrected chi connectivity index (χ0v) is 13.3. The standard InChI is InChI=1S/C18H18N2O4/c1-24-17-10-9-13(11-16(17)20(22)23)18(21)19-15-8-4-6-12-5-2-3-7-14(12)15/h2-3,5,7,9-11,15H,4,6,8H2,1H3,(H,19,21)/t15-/m1/s1. The summed E-state index contributed by atoms with van der Waals surface area (Å²) in [5, 5.41) is 14.1. The van der Waals surface area contributed by atoms with E-state index in [4.69, 9.17) is 4.74 Å². The van der Waals surface area contributed by atoms with E-state index in [9.17, 15) is 14.9 Å². The second-order valence-electron chi connectivity index (χ2n) is 5.76. The van der Waals surface area contributed by atoms with E-state index in [1.807, 2.05) is 18.2 Å². The molecular weight excluding hydrogens is 308 g/mol. The first-order valence-electron chi connectivity index (χ1n) is 7.81. The van der Waals surface area contributed by atoms with Crippen molar-refractivity contribution in [3.63, 3.8) is 0 Å². The lowest BCUT2D eigenvalue weighted by Gasteiger charge is -2.26. The summed E-state index contributed by atoms with van der Waals surface area (Å²) in [6, 6.07) is 12.2. The highest BCUT2D eigenvalue weighted by Crippen LogP contribution is 2.31. The quantitative estimate of drug-likeness (QED) is 0.689. The lowest BCUT2D eigenvalue weighted by Crippen LogP contribution is -2.31. The fourth-order valence-corrected chi connectivity index (χ4v) is 3.12. The first-order chi connectivity index (χ1) is 11.6. The minimum atomic E-state index is -0.550. The van der Waals surface area contributed by atoms with Gasteiger partial charge in [-0.3, -0.25) is 14.9 Å². The molecule has 24 heavy (non-hydrogen) atoms. The fourth-order valence-electron chi connectivity index (χ4n) is 3.12. The molecule has 0 aliphatic heterocycles. The van der Waals surface area contributed by atoms with E-state index < -0.39 is 4.92 Å². The molecule has 2 aromatic rings. The van der Waals surface area contributed by atoms with Crippen LogP contribution in [0.2, 0.25) is 0 Å². The fraction of sp³-hybridized carbons (Fsp3) is 0.278. The van der Waals surface area contributed by atoms with Gasteiger partial charge in [0.05, 0.1) is 18.1 Å². The summed E-state index contributed by atoms with van der Waals surface area (Å²) < 4.78 is 4.96. The predicted molar refractivity (Wildman–Crippen MR) is 89.2 cm³/mol. The minimum absolute atomic E-state index is 0.0661. The van der Waals surface area contributed by atoms with Crippen LogP contribution in [0.15, 0.2) is 42.5 Å². The maximum Gasteiger partial charge on any atom is 0.311 e. The third kappa shape index (κ3) is 3.08. The summed E-state index contributed by atoms with van der Waals surface area (Å²) in [6.45, 7) is 0. The summed E-state index contributed by atoms with van der Waals surface area (Å²) in [5.74, 6) is -0.179. The average molecular weight is 326 g/mol. The molecule has 0 heterocycles. The first kappa shape index (κ1) is 16.0. The van der Waals surface area contributed by atoms with E-state index in [1.165, 1.54) is 30.9 Å². The molecule has 3 rings (SSSR count). The Morgan fingerprint density at radius 1 is 1.29 bits per heavy atom. The van der Waals surface area contributed by atoms with Gasteiger partial charge in [-0.25, -0.2) is 0 Å². The predicted octanol–water partition coefficient (Wildman–Crippen LogP) is 3.41. The number of amides is 1. The van der Waals surface area contributed by atoms with Gasteiger partial charge in [0.15, 0.2) is 5.75 Å². The van der Waals surface area contributed by atoms with Crippen LogP contribution in [0.25, 0.3) is 0 Å². The Morgan fingerprint density at radius 2 is 2.08 bits per heavy atom. The monoisotopic (exact) mass is 326 g/mol. The van der Waals surface area contributed by atoms with Crippen molar-refractivity contribution in [2.75, 3.05) is 7.11 Å². The molecule has 1 aliphatic rings. The number of nitro benzene ring substituents is 1. The Morgan fingerprint density at radius 3 is 2.83 bits per heavy atom. The third-order valence-electron chi connectivity index (χ3n) is 4.31. The van der Waals surface area contributed by atoms with Gasteiger partial charge in [0, 0.05) is 11.6 Å². The van der Waals surface area contributed by atoms with Crippen LogP contribution in [0, 0.1) is 10.1 Å². The van der Waals surface area contributed by atoms with Crippen molar-refractivity contribution in [2.45, 2.75) is 25.3 Å². The van der Waals surface area contributed by atoms with Crippen molar-refractivity contribution in [1.82, 2.24) is 5.32 Å². The third-order valence-corrected chi connectivity index (χ3v) is 4.31. The second-order valence-corrected chi connectivity index (χ2v) is 5.76. The van der Waals surface area contributed by atoms with Gasteiger partial charge >= 0.3 is 5.69 Å². The maximum atomic E-state index is 12.5. The molecule has 0 bridgehead atoms. The summed E-state index contributed by atoms with van der Waals surface area (Å²) in [7, 11) is 1.36. The number of methoxy groups -OCH3 is 1. The molecular formula is C18H18N2O4.